The minimum atomic E-state index is -1.08. The van der Waals surface area contributed by atoms with Crippen LogP contribution in [0.15, 0.2) is 67.0 Å². The van der Waals surface area contributed by atoms with Gasteiger partial charge in [-0.25, -0.2) is 9.97 Å². The molecule has 0 aliphatic rings. The Labute approximate surface area is 155 Å². The van der Waals surface area contributed by atoms with Crippen molar-refractivity contribution in [1.82, 2.24) is 15.0 Å². The normalized spacial score (nSPS) is 12.2. The number of nitrogen functional groups attached to an aromatic ring is 1. The van der Waals surface area contributed by atoms with Crippen molar-refractivity contribution in [2.45, 2.75) is 6.10 Å². The van der Waals surface area contributed by atoms with E-state index in [-0.39, 0.29) is 11.5 Å². The Bertz CT molecular complexity index is 1090. The fourth-order valence-electron chi connectivity index (χ4n) is 2.86. The summed E-state index contributed by atoms with van der Waals surface area (Å²) < 4.78 is 0. The van der Waals surface area contributed by atoms with Crippen LogP contribution in [0.5, 0.6) is 0 Å². The molecule has 0 aliphatic carbocycles. The third kappa shape index (κ3) is 2.98. The van der Waals surface area contributed by atoms with Crippen molar-refractivity contribution in [3.05, 3.63) is 83.3 Å². The number of hydrogen-bond donors (Lipinski definition) is 2. The molecule has 0 spiro atoms. The van der Waals surface area contributed by atoms with Gasteiger partial charge in [-0.1, -0.05) is 48.0 Å². The highest BCUT2D eigenvalue weighted by molar-refractivity contribution is 6.32. The average molecular weight is 363 g/mol. The Morgan fingerprint density at radius 3 is 2.50 bits per heavy atom. The van der Waals surface area contributed by atoms with Gasteiger partial charge in [-0.2, -0.15) is 0 Å². The van der Waals surface area contributed by atoms with E-state index < -0.39 is 6.10 Å². The fraction of sp³-hybridized carbons (Fsp3) is 0.0500. The predicted octanol–water partition coefficient (Wildman–Crippen LogP) is 4.01. The minimum Gasteiger partial charge on any atom is -0.382 e. The molecular weight excluding hydrogens is 348 g/mol. The molecule has 2 heterocycles. The van der Waals surface area contributed by atoms with E-state index in [9.17, 15) is 5.11 Å². The summed E-state index contributed by atoms with van der Waals surface area (Å²) >= 11 is 6.38. The highest BCUT2D eigenvalue weighted by Gasteiger charge is 2.19. The number of aliphatic hydroxyl groups is 1. The lowest BCUT2D eigenvalue weighted by Crippen LogP contribution is -2.08. The van der Waals surface area contributed by atoms with Crippen molar-refractivity contribution in [2.75, 3.05) is 5.73 Å². The van der Waals surface area contributed by atoms with Crippen LogP contribution in [0, 0.1) is 0 Å². The number of pyridine rings is 1. The van der Waals surface area contributed by atoms with Gasteiger partial charge in [-0.3, -0.25) is 4.98 Å². The van der Waals surface area contributed by atoms with Gasteiger partial charge in [0.2, 0.25) is 0 Å². The molecule has 1 unspecified atom stereocenters. The van der Waals surface area contributed by atoms with Gasteiger partial charge in [0.05, 0.1) is 11.2 Å². The SMILES string of the molecule is Nc1nccnc1C(O)c1cc2nc(-c3ccccc3)ccc2cc1Cl. The van der Waals surface area contributed by atoms with Gasteiger partial charge >= 0.3 is 0 Å². The van der Waals surface area contributed by atoms with Crippen LogP contribution in [0.4, 0.5) is 5.82 Å². The number of halogens is 1. The molecule has 0 fully saturated rings. The summed E-state index contributed by atoms with van der Waals surface area (Å²) in [5.74, 6) is 0.169. The maximum absolute atomic E-state index is 10.7. The van der Waals surface area contributed by atoms with Gasteiger partial charge < -0.3 is 10.8 Å². The van der Waals surface area contributed by atoms with Crippen molar-refractivity contribution in [2.24, 2.45) is 0 Å². The zero-order valence-corrected chi connectivity index (χ0v) is 14.4. The number of rotatable bonds is 3. The van der Waals surface area contributed by atoms with Crippen LogP contribution in [0.2, 0.25) is 5.02 Å². The van der Waals surface area contributed by atoms with E-state index in [0.29, 0.717) is 10.6 Å². The van der Waals surface area contributed by atoms with Gasteiger partial charge in [0.15, 0.2) is 0 Å². The Kier molecular flexibility index (Phi) is 4.24. The van der Waals surface area contributed by atoms with Crippen LogP contribution < -0.4 is 5.73 Å². The standard InChI is InChI=1S/C20H15ClN4O/c21-15-10-13-6-7-16(12-4-2-1-3-5-12)25-17(13)11-14(15)19(26)18-20(22)24-9-8-23-18/h1-11,19,26H,(H2,22,24). The lowest BCUT2D eigenvalue weighted by molar-refractivity contribution is 0.216. The summed E-state index contributed by atoms with van der Waals surface area (Å²) in [7, 11) is 0. The Balaban J connectivity index is 1.83. The number of fused-ring (bicyclic) bond motifs is 1. The number of anilines is 1. The fourth-order valence-corrected chi connectivity index (χ4v) is 3.13. The number of aromatic nitrogens is 3. The molecule has 0 amide bonds. The topological polar surface area (TPSA) is 84.9 Å². The first-order valence-electron chi connectivity index (χ1n) is 8.03. The largest absolute Gasteiger partial charge is 0.382 e. The number of nitrogens with two attached hydrogens (primary N) is 1. The van der Waals surface area contributed by atoms with Gasteiger partial charge in [-0.05, 0) is 18.2 Å². The molecule has 0 radical (unpaired) electrons. The molecule has 2 aromatic heterocycles. The van der Waals surface area contributed by atoms with Gasteiger partial charge in [0, 0.05) is 33.9 Å². The summed E-state index contributed by atoms with van der Waals surface area (Å²) in [5, 5.41) is 12.0. The average Bonchev–Trinajstić information content (AvgIpc) is 2.68. The van der Waals surface area contributed by atoms with Crippen LogP contribution in [-0.2, 0) is 0 Å². The molecule has 4 rings (SSSR count). The Morgan fingerprint density at radius 1 is 0.962 bits per heavy atom. The monoisotopic (exact) mass is 362 g/mol. The van der Waals surface area contributed by atoms with E-state index in [0.717, 1.165) is 22.2 Å². The third-order valence-electron chi connectivity index (χ3n) is 4.19. The van der Waals surface area contributed by atoms with Crippen LogP contribution in [0.1, 0.15) is 17.4 Å². The Morgan fingerprint density at radius 2 is 1.73 bits per heavy atom. The lowest BCUT2D eigenvalue weighted by atomic mass is 10.0. The summed E-state index contributed by atoms with van der Waals surface area (Å²) in [6.07, 6.45) is 1.87. The highest BCUT2D eigenvalue weighted by atomic mass is 35.5. The number of aliphatic hydroxyl groups excluding tert-OH is 1. The van der Waals surface area contributed by atoms with Crippen molar-refractivity contribution in [3.63, 3.8) is 0 Å². The van der Waals surface area contributed by atoms with Gasteiger partial charge in [-0.15, -0.1) is 0 Å². The van der Waals surface area contributed by atoms with E-state index in [1.807, 2.05) is 42.5 Å². The summed E-state index contributed by atoms with van der Waals surface area (Å²) in [6.45, 7) is 0. The number of benzene rings is 2. The second-order valence-electron chi connectivity index (χ2n) is 5.86. The van der Waals surface area contributed by atoms with Crippen LogP contribution >= 0.6 is 11.6 Å². The molecule has 4 aromatic rings. The molecular formula is C20H15ClN4O. The highest BCUT2D eigenvalue weighted by Crippen LogP contribution is 2.33. The zero-order chi connectivity index (χ0) is 18.1. The van der Waals surface area contributed by atoms with Crippen LogP contribution in [0.25, 0.3) is 22.2 Å². The van der Waals surface area contributed by atoms with E-state index in [2.05, 4.69) is 9.97 Å². The first kappa shape index (κ1) is 16.4. The van der Waals surface area contributed by atoms with Crippen LogP contribution in [-0.4, -0.2) is 20.1 Å². The summed E-state index contributed by atoms with van der Waals surface area (Å²) in [4.78, 5) is 12.8. The van der Waals surface area contributed by atoms with E-state index in [1.54, 1.807) is 12.1 Å². The molecule has 26 heavy (non-hydrogen) atoms. The predicted molar refractivity (Wildman–Crippen MR) is 103 cm³/mol. The first-order chi connectivity index (χ1) is 12.6. The third-order valence-corrected chi connectivity index (χ3v) is 4.51. The second kappa shape index (κ2) is 6.71. The number of hydrogen-bond acceptors (Lipinski definition) is 5. The van der Waals surface area contributed by atoms with E-state index in [1.165, 1.54) is 12.4 Å². The molecule has 2 aromatic carbocycles. The summed E-state index contributed by atoms with van der Waals surface area (Å²) in [5.41, 5.74) is 9.18. The quantitative estimate of drug-likeness (QED) is 0.575. The molecule has 5 nitrogen and oxygen atoms in total. The van der Waals surface area contributed by atoms with Gasteiger partial charge in [0.25, 0.3) is 0 Å². The Hall–Kier alpha value is -3.02. The van der Waals surface area contributed by atoms with Crippen LogP contribution in [0.3, 0.4) is 0 Å². The molecule has 3 N–H and O–H groups in total. The summed E-state index contributed by atoms with van der Waals surface area (Å²) in [6, 6.07) is 17.4. The van der Waals surface area contributed by atoms with Crippen molar-refractivity contribution in [1.29, 1.82) is 0 Å². The maximum Gasteiger partial charge on any atom is 0.148 e. The molecule has 1 atom stereocenters. The lowest BCUT2D eigenvalue weighted by Gasteiger charge is -2.14. The van der Waals surface area contributed by atoms with Crippen molar-refractivity contribution < 1.29 is 5.11 Å². The molecule has 0 saturated heterocycles. The smallest absolute Gasteiger partial charge is 0.148 e. The van der Waals surface area contributed by atoms with E-state index in [4.69, 9.17) is 22.3 Å². The van der Waals surface area contributed by atoms with Crippen molar-refractivity contribution >= 4 is 28.3 Å². The molecule has 0 saturated carbocycles. The molecule has 0 bridgehead atoms. The first-order valence-corrected chi connectivity index (χ1v) is 8.41. The molecule has 6 heteroatoms. The van der Waals surface area contributed by atoms with Crippen molar-refractivity contribution in [3.8, 4) is 11.3 Å². The molecule has 0 aliphatic heterocycles. The van der Waals surface area contributed by atoms with Gasteiger partial charge in [0.1, 0.15) is 17.6 Å². The zero-order valence-electron chi connectivity index (χ0n) is 13.7. The second-order valence-corrected chi connectivity index (χ2v) is 6.27. The maximum atomic E-state index is 10.7. The number of nitrogens with zero attached hydrogens (tertiary/aromatic N) is 3. The molecule has 128 valence electrons. The minimum absolute atomic E-state index is 0.169. The van der Waals surface area contributed by atoms with E-state index >= 15 is 0 Å².